The number of nitrogens with two attached hydrogens (primary N) is 1. The van der Waals surface area contributed by atoms with Crippen LogP contribution in [0.4, 0.5) is 5.69 Å². The van der Waals surface area contributed by atoms with Gasteiger partial charge in [0.25, 0.3) is 5.91 Å². The largest absolute Gasteiger partial charge is 0.399 e. The lowest BCUT2D eigenvalue weighted by atomic mass is 10.0. The fraction of sp³-hybridized carbons (Fsp3) is 0.500. The number of carbonyl (C=O) groups is 1. The average molecular weight is 269 g/mol. The highest BCUT2D eigenvalue weighted by molar-refractivity contribution is 5.96. The molecular formula is C14H21ClN2O. The van der Waals surface area contributed by atoms with Crippen LogP contribution in [0.3, 0.4) is 0 Å². The van der Waals surface area contributed by atoms with Crippen LogP contribution in [0, 0.1) is 18.8 Å². The predicted molar refractivity (Wildman–Crippen MR) is 77.1 cm³/mol. The number of nitrogen functional groups attached to an aromatic ring is 1. The first-order chi connectivity index (χ1) is 7.99. The first kappa shape index (κ1) is 14.8. The summed E-state index contributed by atoms with van der Waals surface area (Å²) in [5, 5.41) is 0. The Bertz CT molecular complexity index is 437. The molecule has 2 unspecified atom stereocenters. The Balaban J connectivity index is 0.00000162. The monoisotopic (exact) mass is 268 g/mol. The molecule has 1 amide bonds. The van der Waals surface area contributed by atoms with Crippen molar-refractivity contribution >= 4 is 24.0 Å². The summed E-state index contributed by atoms with van der Waals surface area (Å²) in [7, 11) is 0. The van der Waals surface area contributed by atoms with Gasteiger partial charge >= 0.3 is 0 Å². The average Bonchev–Trinajstić information content (AvgIpc) is 2.62. The second-order valence-electron chi connectivity index (χ2n) is 5.24. The van der Waals surface area contributed by atoms with Crippen molar-refractivity contribution in [2.24, 2.45) is 11.8 Å². The van der Waals surface area contributed by atoms with Gasteiger partial charge in [-0.15, -0.1) is 12.4 Å². The van der Waals surface area contributed by atoms with Gasteiger partial charge in [-0.2, -0.15) is 0 Å². The number of anilines is 1. The van der Waals surface area contributed by atoms with Crippen LogP contribution >= 0.6 is 12.4 Å². The van der Waals surface area contributed by atoms with Crippen molar-refractivity contribution in [3.05, 3.63) is 29.3 Å². The van der Waals surface area contributed by atoms with Crippen LogP contribution in [0.1, 0.15) is 29.8 Å². The molecule has 0 aliphatic carbocycles. The van der Waals surface area contributed by atoms with Crippen molar-refractivity contribution in [2.75, 3.05) is 18.8 Å². The first-order valence-electron chi connectivity index (χ1n) is 6.14. The van der Waals surface area contributed by atoms with Gasteiger partial charge in [-0.3, -0.25) is 4.79 Å². The van der Waals surface area contributed by atoms with Gasteiger partial charge in [-0.05, 0) is 36.5 Å². The fourth-order valence-corrected chi connectivity index (χ4v) is 2.34. The zero-order valence-electron chi connectivity index (χ0n) is 11.1. The quantitative estimate of drug-likeness (QED) is 0.796. The third kappa shape index (κ3) is 2.78. The van der Waals surface area contributed by atoms with Crippen molar-refractivity contribution in [3.63, 3.8) is 0 Å². The molecular weight excluding hydrogens is 248 g/mol. The molecule has 1 aromatic rings. The van der Waals surface area contributed by atoms with Crippen LogP contribution in [0.2, 0.25) is 0 Å². The van der Waals surface area contributed by atoms with E-state index in [1.807, 2.05) is 24.0 Å². The summed E-state index contributed by atoms with van der Waals surface area (Å²) in [4.78, 5) is 14.3. The van der Waals surface area contributed by atoms with Crippen molar-refractivity contribution in [3.8, 4) is 0 Å². The molecule has 1 fully saturated rings. The number of benzene rings is 1. The van der Waals surface area contributed by atoms with Gasteiger partial charge in [0.15, 0.2) is 0 Å². The molecule has 100 valence electrons. The van der Waals surface area contributed by atoms with Crippen LogP contribution in [-0.2, 0) is 0 Å². The minimum atomic E-state index is 0. The summed E-state index contributed by atoms with van der Waals surface area (Å²) < 4.78 is 0. The lowest BCUT2D eigenvalue weighted by Crippen LogP contribution is -2.29. The fourth-order valence-electron chi connectivity index (χ4n) is 2.34. The Morgan fingerprint density at radius 2 is 1.83 bits per heavy atom. The number of halogens is 1. The summed E-state index contributed by atoms with van der Waals surface area (Å²) in [6, 6.07) is 5.53. The van der Waals surface area contributed by atoms with Crippen molar-refractivity contribution in [2.45, 2.75) is 20.8 Å². The van der Waals surface area contributed by atoms with Crippen molar-refractivity contribution in [1.29, 1.82) is 0 Å². The van der Waals surface area contributed by atoms with Gasteiger partial charge in [0.2, 0.25) is 0 Å². The van der Waals surface area contributed by atoms with E-state index in [2.05, 4.69) is 13.8 Å². The van der Waals surface area contributed by atoms with Crippen molar-refractivity contribution in [1.82, 2.24) is 4.90 Å². The molecule has 0 spiro atoms. The molecule has 1 aromatic carbocycles. The second-order valence-corrected chi connectivity index (χ2v) is 5.24. The van der Waals surface area contributed by atoms with Crippen LogP contribution in [-0.4, -0.2) is 23.9 Å². The van der Waals surface area contributed by atoms with Crippen LogP contribution in [0.15, 0.2) is 18.2 Å². The molecule has 2 atom stereocenters. The van der Waals surface area contributed by atoms with E-state index in [0.717, 1.165) is 24.2 Å². The molecule has 0 bridgehead atoms. The second kappa shape index (κ2) is 5.61. The number of rotatable bonds is 1. The van der Waals surface area contributed by atoms with Gasteiger partial charge in [-0.1, -0.05) is 19.9 Å². The molecule has 2 N–H and O–H groups in total. The summed E-state index contributed by atoms with van der Waals surface area (Å²) in [6.07, 6.45) is 0. The molecule has 0 radical (unpaired) electrons. The molecule has 4 heteroatoms. The van der Waals surface area contributed by atoms with Gasteiger partial charge < -0.3 is 10.6 Å². The Hall–Kier alpha value is -1.22. The molecule has 3 nitrogen and oxygen atoms in total. The van der Waals surface area contributed by atoms with Gasteiger partial charge in [-0.25, -0.2) is 0 Å². The molecule has 1 aliphatic heterocycles. The van der Waals surface area contributed by atoms with E-state index in [9.17, 15) is 4.79 Å². The highest BCUT2D eigenvalue weighted by Crippen LogP contribution is 2.25. The summed E-state index contributed by atoms with van der Waals surface area (Å²) in [5.74, 6) is 1.28. The van der Waals surface area contributed by atoms with E-state index in [4.69, 9.17) is 5.73 Å². The zero-order valence-corrected chi connectivity index (χ0v) is 12.0. The molecule has 1 aliphatic rings. The summed E-state index contributed by atoms with van der Waals surface area (Å²) in [5.41, 5.74) is 8.14. The molecule has 1 heterocycles. The predicted octanol–water partition coefficient (Wildman–Crippen LogP) is 2.73. The third-order valence-corrected chi connectivity index (χ3v) is 3.77. The minimum absolute atomic E-state index is 0. The smallest absolute Gasteiger partial charge is 0.254 e. The van der Waals surface area contributed by atoms with Gasteiger partial charge in [0.1, 0.15) is 0 Å². The van der Waals surface area contributed by atoms with E-state index in [1.54, 1.807) is 6.07 Å². The minimum Gasteiger partial charge on any atom is -0.399 e. The van der Waals surface area contributed by atoms with Gasteiger partial charge in [0.05, 0.1) is 0 Å². The maximum absolute atomic E-state index is 12.4. The SMILES string of the molecule is Cc1ccc(N)cc1C(=O)N1CC(C)C(C)C1.Cl. The van der Waals surface area contributed by atoms with E-state index >= 15 is 0 Å². The number of nitrogens with zero attached hydrogens (tertiary/aromatic N) is 1. The lowest BCUT2D eigenvalue weighted by molar-refractivity contribution is 0.0784. The van der Waals surface area contributed by atoms with Crippen LogP contribution < -0.4 is 5.73 Å². The van der Waals surface area contributed by atoms with E-state index in [-0.39, 0.29) is 18.3 Å². The number of likely N-dealkylation sites (tertiary alicyclic amines) is 1. The lowest BCUT2D eigenvalue weighted by Gasteiger charge is -2.17. The summed E-state index contributed by atoms with van der Waals surface area (Å²) in [6.45, 7) is 8.06. The number of aryl methyl sites for hydroxylation is 1. The highest BCUT2D eigenvalue weighted by Gasteiger charge is 2.30. The number of hydrogen-bond acceptors (Lipinski definition) is 2. The Morgan fingerprint density at radius 1 is 1.28 bits per heavy atom. The first-order valence-corrected chi connectivity index (χ1v) is 6.14. The summed E-state index contributed by atoms with van der Waals surface area (Å²) >= 11 is 0. The van der Waals surface area contributed by atoms with Crippen LogP contribution in [0.25, 0.3) is 0 Å². The Morgan fingerprint density at radius 3 is 2.39 bits per heavy atom. The van der Waals surface area contributed by atoms with Gasteiger partial charge in [0, 0.05) is 24.3 Å². The molecule has 18 heavy (non-hydrogen) atoms. The van der Waals surface area contributed by atoms with Crippen LogP contribution in [0.5, 0.6) is 0 Å². The normalized spacial score (nSPS) is 22.7. The topological polar surface area (TPSA) is 46.3 Å². The number of hydrogen-bond donors (Lipinski definition) is 1. The van der Waals surface area contributed by atoms with Crippen molar-refractivity contribution < 1.29 is 4.79 Å². The zero-order chi connectivity index (χ0) is 12.6. The van der Waals surface area contributed by atoms with E-state index in [0.29, 0.717) is 17.5 Å². The highest BCUT2D eigenvalue weighted by atomic mass is 35.5. The Labute approximate surface area is 115 Å². The Kier molecular flexibility index (Phi) is 4.63. The van der Waals surface area contributed by atoms with E-state index < -0.39 is 0 Å². The molecule has 0 saturated carbocycles. The molecule has 0 aromatic heterocycles. The molecule has 1 saturated heterocycles. The number of carbonyl (C=O) groups excluding carboxylic acids is 1. The van der Waals surface area contributed by atoms with E-state index in [1.165, 1.54) is 0 Å². The number of amides is 1. The molecule has 2 rings (SSSR count). The maximum atomic E-state index is 12.4. The maximum Gasteiger partial charge on any atom is 0.254 e. The third-order valence-electron chi connectivity index (χ3n) is 3.77. The standard InChI is InChI=1S/C14H20N2O.ClH/c1-9-4-5-12(15)6-13(9)14(17)16-7-10(2)11(3)8-16;/h4-6,10-11H,7-8,15H2,1-3H3;1H.